The van der Waals surface area contributed by atoms with Gasteiger partial charge >= 0.3 is 0 Å². The molecule has 1 atom stereocenters. The van der Waals surface area contributed by atoms with Gasteiger partial charge in [0.05, 0.1) is 19.4 Å². The second kappa shape index (κ2) is 7.51. The van der Waals surface area contributed by atoms with Crippen LogP contribution >= 0.6 is 0 Å². The number of furan rings is 1. The summed E-state index contributed by atoms with van der Waals surface area (Å²) in [6.45, 7) is 1.62. The third-order valence-corrected chi connectivity index (χ3v) is 4.34. The number of hydrogen-bond donors (Lipinski definition) is 1. The minimum Gasteiger partial charge on any atom is -0.496 e. The van der Waals surface area contributed by atoms with Gasteiger partial charge in [0.25, 0.3) is 0 Å². The number of rotatable bonds is 7. The maximum Gasteiger partial charge on any atom is 0.126 e. The van der Waals surface area contributed by atoms with Crippen molar-refractivity contribution in [3.05, 3.63) is 66.1 Å². The van der Waals surface area contributed by atoms with E-state index in [4.69, 9.17) is 9.15 Å². The molecule has 126 valence electrons. The molecule has 24 heavy (non-hydrogen) atoms. The Morgan fingerprint density at radius 2 is 1.83 bits per heavy atom. The molecular formula is C20H24N2O2. The van der Waals surface area contributed by atoms with E-state index >= 15 is 0 Å². The van der Waals surface area contributed by atoms with Crippen molar-refractivity contribution in [3.8, 4) is 5.75 Å². The van der Waals surface area contributed by atoms with Crippen LogP contribution in [0.4, 0.5) is 0 Å². The van der Waals surface area contributed by atoms with Gasteiger partial charge in [-0.3, -0.25) is 4.90 Å². The van der Waals surface area contributed by atoms with Gasteiger partial charge in [-0.15, -0.1) is 0 Å². The van der Waals surface area contributed by atoms with Crippen molar-refractivity contribution in [2.75, 3.05) is 27.7 Å². The van der Waals surface area contributed by atoms with Gasteiger partial charge in [0.1, 0.15) is 11.5 Å². The Morgan fingerprint density at radius 3 is 2.50 bits per heavy atom. The second-order valence-electron chi connectivity index (χ2n) is 6.10. The Labute approximate surface area is 143 Å². The molecular weight excluding hydrogens is 300 g/mol. The number of hydrogen-bond acceptors (Lipinski definition) is 4. The molecule has 3 rings (SSSR count). The number of nitrogens with one attached hydrogen (secondary N) is 1. The first-order valence-electron chi connectivity index (χ1n) is 8.16. The zero-order valence-electron chi connectivity index (χ0n) is 14.5. The van der Waals surface area contributed by atoms with Gasteiger partial charge in [-0.05, 0) is 43.2 Å². The average Bonchev–Trinajstić information content (AvgIpc) is 3.12. The highest BCUT2D eigenvalue weighted by Gasteiger charge is 2.16. The molecule has 3 aromatic rings. The fourth-order valence-corrected chi connectivity index (χ4v) is 3.03. The second-order valence-corrected chi connectivity index (χ2v) is 6.10. The first-order chi connectivity index (χ1) is 11.7. The Hall–Kier alpha value is -2.30. The van der Waals surface area contributed by atoms with E-state index in [0.717, 1.165) is 30.0 Å². The van der Waals surface area contributed by atoms with E-state index in [1.54, 1.807) is 13.4 Å². The largest absolute Gasteiger partial charge is 0.496 e. The molecule has 0 amide bonds. The van der Waals surface area contributed by atoms with E-state index < -0.39 is 0 Å². The maximum atomic E-state index is 5.56. The molecule has 4 heteroatoms. The van der Waals surface area contributed by atoms with Gasteiger partial charge in [0.15, 0.2) is 0 Å². The van der Waals surface area contributed by atoms with Crippen molar-refractivity contribution in [3.63, 3.8) is 0 Å². The SMILES string of the molecule is COc1ccc(CNCC(c2ccco2)N(C)C)c2ccccc12. The van der Waals surface area contributed by atoms with Crippen LogP contribution < -0.4 is 10.1 Å². The minimum absolute atomic E-state index is 0.213. The highest BCUT2D eigenvalue weighted by Crippen LogP contribution is 2.28. The molecule has 0 aliphatic carbocycles. The predicted molar refractivity (Wildman–Crippen MR) is 97.3 cm³/mol. The quantitative estimate of drug-likeness (QED) is 0.717. The average molecular weight is 324 g/mol. The molecule has 0 fully saturated rings. The van der Waals surface area contributed by atoms with Crippen molar-refractivity contribution in [2.24, 2.45) is 0 Å². The first kappa shape index (κ1) is 16.6. The number of likely N-dealkylation sites (N-methyl/N-ethyl adjacent to an activating group) is 1. The lowest BCUT2D eigenvalue weighted by molar-refractivity contribution is 0.250. The predicted octanol–water partition coefficient (Wildman–Crippen LogP) is 3.83. The zero-order chi connectivity index (χ0) is 16.9. The van der Waals surface area contributed by atoms with Crippen molar-refractivity contribution in [1.29, 1.82) is 0 Å². The Bertz CT molecular complexity index is 781. The summed E-state index contributed by atoms with van der Waals surface area (Å²) in [6.07, 6.45) is 1.73. The summed E-state index contributed by atoms with van der Waals surface area (Å²) in [5.74, 6) is 1.89. The molecule has 1 unspecified atom stereocenters. The van der Waals surface area contributed by atoms with Gasteiger partial charge in [-0.2, -0.15) is 0 Å². The third kappa shape index (κ3) is 3.45. The van der Waals surface area contributed by atoms with Gasteiger partial charge in [0.2, 0.25) is 0 Å². The summed E-state index contributed by atoms with van der Waals surface area (Å²) in [5, 5.41) is 5.93. The fraction of sp³-hybridized carbons (Fsp3) is 0.300. The Kier molecular flexibility index (Phi) is 5.18. The van der Waals surface area contributed by atoms with Crippen molar-refractivity contribution in [2.45, 2.75) is 12.6 Å². The highest BCUT2D eigenvalue weighted by molar-refractivity contribution is 5.91. The maximum absolute atomic E-state index is 5.56. The number of ether oxygens (including phenoxy) is 1. The van der Waals surface area contributed by atoms with E-state index in [0.29, 0.717) is 0 Å². The summed E-state index contributed by atoms with van der Waals surface area (Å²) in [6, 6.07) is 16.7. The molecule has 0 saturated heterocycles. The number of benzene rings is 2. The zero-order valence-corrected chi connectivity index (χ0v) is 14.5. The van der Waals surface area contributed by atoms with Crippen LogP contribution in [0.3, 0.4) is 0 Å². The van der Waals surface area contributed by atoms with Crippen LogP contribution in [-0.2, 0) is 6.54 Å². The monoisotopic (exact) mass is 324 g/mol. The lowest BCUT2D eigenvalue weighted by Crippen LogP contribution is -2.30. The summed E-state index contributed by atoms with van der Waals surface area (Å²) in [5.41, 5.74) is 1.27. The summed E-state index contributed by atoms with van der Waals surface area (Å²) in [4.78, 5) is 2.16. The van der Waals surface area contributed by atoms with E-state index in [1.165, 1.54) is 10.9 Å². The van der Waals surface area contributed by atoms with Crippen molar-refractivity contribution in [1.82, 2.24) is 10.2 Å². The van der Waals surface area contributed by atoms with Crippen LogP contribution in [0.25, 0.3) is 10.8 Å². The molecule has 0 aliphatic heterocycles. The fourth-order valence-electron chi connectivity index (χ4n) is 3.03. The minimum atomic E-state index is 0.213. The number of nitrogens with zero attached hydrogens (tertiary/aromatic N) is 1. The smallest absolute Gasteiger partial charge is 0.126 e. The molecule has 0 spiro atoms. The molecule has 0 bridgehead atoms. The van der Waals surface area contributed by atoms with Gasteiger partial charge < -0.3 is 14.5 Å². The standard InChI is InChI=1S/C20H24N2O2/c1-22(2)18(20-9-6-12-24-20)14-21-13-15-10-11-19(23-3)17-8-5-4-7-16(15)17/h4-12,18,21H,13-14H2,1-3H3. The van der Waals surface area contributed by atoms with Crippen LogP contribution in [0.2, 0.25) is 0 Å². The molecule has 1 N–H and O–H groups in total. The summed E-state index contributed by atoms with van der Waals surface area (Å²) < 4.78 is 11.0. The van der Waals surface area contributed by atoms with E-state index in [1.807, 2.05) is 24.3 Å². The Balaban J connectivity index is 1.74. The topological polar surface area (TPSA) is 37.6 Å². The molecule has 0 radical (unpaired) electrons. The highest BCUT2D eigenvalue weighted by atomic mass is 16.5. The van der Waals surface area contributed by atoms with Crippen LogP contribution in [-0.4, -0.2) is 32.6 Å². The summed E-state index contributed by atoms with van der Waals surface area (Å²) >= 11 is 0. The normalized spacial score (nSPS) is 12.7. The first-order valence-corrected chi connectivity index (χ1v) is 8.16. The van der Waals surface area contributed by atoms with Crippen LogP contribution in [0, 0.1) is 0 Å². The molecule has 0 aliphatic rings. The van der Waals surface area contributed by atoms with Gasteiger partial charge in [-0.1, -0.05) is 30.3 Å². The molecule has 2 aromatic carbocycles. The molecule has 1 heterocycles. The van der Waals surface area contributed by atoms with Gasteiger partial charge in [-0.25, -0.2) is 0 Å². The van der Waals surface area contributed by atoms with E-state index in [9.17, 15) is 0 Å². The molecule has 4 nitrogen and oxygen atoms in total. The van der Waals surface area contributed by atoms with Gasteiger partial charge in [0, 0.05) is 18.5 Å². The van der Waals surface area contributed by atoms with Crippen molar-refractivity contribution < 1.29 is 9.15 Å². The molecule has 1 aromatic heterocycles. The van der Waals surface area contributed by atoms with E-state index in [-0.39, 0.29) is 6.04 Å². The number of fused-ring (bicyclic) bond motifs is 1. The van der Waals surface area contributed by atoms with Crippen LogP contribution in [0.15, 0.2) is 59.2 Å². The van der Waals surface area contributed by atoms with E-state index in [2.05, 4.69) is 48.6 Å². The van der Waals surface area contributed by atoms with Crippen LogP contribution in [0.1, 0.15) is 17.4 Å². The lowest BCUT2D eigenvalue weighted by atomic mass is 10.0. The third-order valence-electron chi connectivity index (χ3n) is 4.34. The Morgan fingerprint density at radius 1 is 1.04 bits per heavy atom. The van der Waals surface area contributed by atoms with Crippen molar-refractivity contribution >= 4 is 10.8 Å². The summed E-state index contributed by atoms with van der Waals surface area (Å²) in [7, 11) is 5.85. The molecule has 0 saturated carbocycles. The number of methoxy groups -OCH3 is 1. The lowest BCUT2D eigenvalue weighted by Gasteiger charge is -2.23. The van der Waals surface area contributed by atoms with Crippen LogP contribution in [0.5, 0.6) is 5.75 Å².